The molecule has 0 amide bonds. The Bertz CT molecular complexity index is 4870. The molecular weight excluding hydrogens is 629 g/mol. The van der Waals surface area contributed by atoms with E-state index in [1.807, 2.05) is 0 Å². The van der Waals surface area contributed by atoms with Crippen molar-refractivity contribution in [1.82, 2.24) is 0 Å². The number of hydrogen-bond donors (Lipinski definition) is 0. The highest BCUT2D eigenvalue weighted by molar-refractivity contribution is 6.27. The lowest BCUT2D eigenvalue weighted by atomic mass is 9.84. The van der Waals surface area contributed by atoms with E-state index in [0.29, 0.717) is 0 Å². The molecule has 0 spiro atoms. The van der Waals surface area contributed by atoms with Gasteiger partial charge in [-0.15, -0.1) is 0 Å². The molecule has 0 fully saturated rings. The molecule has 0 atom stereocenters. The average Bonchev–Trinajstić information content (AvgIpc) is 1.23. The second-order valence-electron chi connectivity index (χ2n) is 11.6. The van der Waals surface area contributed by atoms with Gasteiger partial charge >= 0.3 is 0 Å². The Hall–Kier alpha value is -6.70. The minimum atomic E-state index is -1.04. The van der Waals surface area contributed by atoms with Crippen molar-refractivity contribution in [2.75, 3.05) is 0 Å². The third kappa shape index (κ3) is 4.36. The van der Waals surface area contributed by atoms with Crippen molar-refractivity contribution in [3.8, 4) is 22.3 Å². The molecule has 1 nitrogen and oxygen atoms in total. The normalized spacial score (nSPS) is 20.0. The van der Waals surface area contributed by atoms with E-state index < -0.39 is 297 Å². The van der Waals surface area contributed by atoms with Crippen molar-refractivity contribution in [3.63, 3.8) is 0 Å². The van der Waals surface area contributed by atoms with Crippen molar-refractivity contribution < 1.29 is 45.5 Å². The second kappa shape index (κ2) is 11.4. The van der Waals surface area contributed by atoms with E-state index in [1.165, 1.54) is 0 Å². The summed E-state index contributed by atoms with van der Waals surface area (Å²) in [5.41, 5.74) is -5.31. The maximum atomic E-state index is 9.95. The third-order valence-corrected chi connectivity index (χ3v) is 8.86. The Morgan fingerprint density at radius 1 is 0.404 bits per heavy atom. The Labute approximate surface area is 343 Å². The van der Waals surface area contributed by atoms with Gasteiger partial charge in [0.2, 0.25) is 0 Å². The molecule has 0 saturated heterocycles. The molecule has 11 rings (SSSR count). The summed E-state index contributed by atoms with van der Waals surface area (Å²) < 4.78 is 278. The molecule has 0 radical (unpaired) electrons. The minimum Gasteiger partial charge on any atom is -0.455 e. The molecule has 0 aliphatic heterocycles. The molecule has 0 aliphatic rings. The van der Waals surface area contributed by atoms with Crippen molar-refractivity contribution in [2.45, 2.75) is 6.42 Å². The molecule has 0 bridgehead atoms. The molecule has 0 N–H and O–H groups in total. The highest BCUT2D eigenvalue weighted by Crippen LogP contribution is 2.47. The zero-order chi connectivity index (χ0) is 60.3. The van der Waals surface area contributed by atoms with Crippen molar-refractivity contribution in [3.05, 3.63) is 192 Å². The topological polar surface area (TPSA) is 13.1 Å². The first-order valence-corrected chi connectivity index (χ1v) is 15.6. The number of hydrogen-bond acceptors (Lipinski definition) is 1. The van der Waals surface area contributed by atoms with Gasteiger partial charge in [0, 0.05) is 16.2 Å². The standard InChI is InChI=1S/C51H32O/c1-3-17-37-33(13-1)26-28-38-35(15-10-23-40(37)38)30-32-12-9-16-36(31-32)48-41-19-5-7-21-43(41)49(44-22-8-6-20-42(44)48)45-24-11-25-47-50(45)46-29-27-34-14-2-4-18-39(34)51(46)52-47/h1-29,31H,30H2/i1D,2D,3D,4D,5D,6D,7D,8D,9D,10D,11D,12D,13D,14D,15D,16D,17D,18D,19D,20D,21D,22D,23D,24D,25D,26D,27D,28D,29D,31D. The predicted octanol–water partition coefficient (Wildman–Crippen LogP) is 14.3. The van der Waals surface area contributed by atoms with Crippen LogP contribution < -0.4 is 0 Å². The minimum absolute atomic E-state index is 0.463. The van der Waals surface area contributed by atoms with Crippen molar-refractivity contribution in [2.24, 2.45) is 0 Å². The highest BCUT2D eigenvalue weighted by atomic mass is 16.3. The molecular formula is C51H32O. The fourth-order valence-electron chi connectivity index (χ4n) is 6.67. The predicted molar refractivity (Wildman–Crippen MR) is 221 cm³/mol. The van der Waals surface area contributed by atoms with E-state index in [-0.39, 0.29) is 0 Å². The maximum absolute atomic E-state index is 9.95. The summed E-state index contributed by atoms with van der Waals surface area (Å²) in [6.45, 7) is 0. The number of rotatable bonds is 4. The van der Waals surface area contributed by atoms with Crippen LogP contribution >= 0.6 is 0 Å². The molecule has 1 aromatic heterocycles. The molecule has 1 heterocycles. The number of benzene rings is 10. The van der Waals surface area contributed by atoms with E-state index in [9.17, 15) is 15.1 Å². The van der Waals surface area contributed by atoms with Crippen LogP contribution in [0.25, 0.3) is 98.1 Å². The van der Waals surface area contributed by atoms with Crippen molar-refractivity contribution >= 4 is 75.8 Å². The van der Waals surface area contributed by atoms with E-state index >= 15 is 0 Å². The monoisotopic (exact) mass is 690 g/mol. The van der Waals surface area contributed by atoms with Crippen molar-refractivity contribution in [1.29, 1.82) is 0 Å². The maximum Gasteiger partial charge on any atom is 0.143 e. The lowest BCUT2D eigenvalue weighted by Crippen LogP contribution is -1.94. The summed E-state index contributed by atoms with van der Waals surface area (Å²) in [4.78, 5) is 0. The highest BCUT2D eigenvalue weighted by Gasteiger charge is 2.21. The Morgan fingerprint density at radius 2 is 0.981 bits per heavy atom. The lowest BCUT2D eigenvalue weighted by molar-refractivity contribution is 0.673. The summed E-state index contributed by atoms with van der Waals surface area (Å²) in [6.07, 6.45) is -0.946. The van der Waals surface area contributed by atoms with E-state index in [2.05, 4.69) is 0 Å². The van der Waals surface area contributed by atoms with Crippen LogP contribution in [0.3, 0.4) is 0 Å². The average molecular weight is 691 g/mol. The van der Waals surface area contributed by atoms with Gasteiger partial charge in [0.1, 0.15) is 11.2 Å². The zero-order valence-corrected chi connectivity index (χ0v) is 26.1. The molecule has 11 aromatic rings. The molecule has 242 valence electrons. The fraction of sp³-hybridized carbons (Fsp3) is 0.0196. The van der Waals surface area contributed by atoms with Crippen LogP contribution in [0.2, 0.25) is 0 Å². The zero-order valence-electron chi connectivity index (χ0n) is 56.1. The van der Waals surface area contributed by atoms with Gasteiger partial charge in [-0.1, -0.05) is 169 Å². The molecule has 52 heavy (non-hydrogen) atoms. The van der Waals surface area contributed by atoms with Crippen LogP contribution in [0, 0.1) is 0 Å². The molecule has 0 unspecified atom stereocenters. The quantitative estimate of drug-likeness (QED) is 0.132. The first kappa shape index (κ1) is 12.2. The van der Waals surface area contributed by atoms with Gasteiger partial charge in [0.25, 0.3) is 0 Å². The SMILES string of the molecule is [2H]c1c([2H])c(Cc2c([2H])c([2H])c([2H])c3c2c([2H])c([2H])c2c([2H])c([2H])c([2H])c([2H])c23)c([2H])c(-c2c3c([2H])c([2H])c([2H])c([2H])c3c(-c3c([2H])c([2H])c([2H])c4oc5c6c([2H])c([2H])c([2H])c([2H])c6c([2H])c([2H])c5c34)c3c([2H])c([2H])c([2H])c([2H])c23)c1[2H]. The first-order valence-electron chi connectivity index (χ1n) is 30.6. The van der Waals surface area contributed by atoms with E-state index in [4.69, 9.17) is 30.5 Å². The van der Waals surface area contributed by atoms with Crippen LogP contribution in [-0.2, 0) is 6.42 Å². The van der Waals surface area contributed by atoms with Gasteiger partial charge in [0.15, 0.2) is 0 Å². The number of fused-ring (bicyclic) bond motifs is 10. The third-order valence-electron chi connectivity index (χ3n) is 8.86. The summed E-state index contributed by atoms with van der Waals surface area (Å²) in [5.74, 6) is 0. The molecule has 0 saturated carbocycles. The van der Waals surface area contributed by atoms with Crippen LogP contribution in [0.4, 0.5) is 0 Å². The summed E-state index contributed by atoms with van der Waals surface area (Å²) >= 11 is 0. The molecule has 10 aromatic carbocycles. The van der Waals surface area contributed by atoms with Crippen LogP contribution in [0.5, 0.6) is 0 Å². The second-order valence-corrected chi connectivity index (χ2v) is 11.6. The Morgan fingerprint density at radius 3 is 1.73 bits per heavy atom. The first-order chi connectivity index (χ1) is 38.3. The van der Waals surface area contributed by atoms with Gasteiger partial charge in [-0.05, 0) is 100 Å². The van der Waals surface area contributed by atoms with Gasteiger partial charge in [0.05, 0.1) is 41.1 Å². The molecule has 0 aliphatic carbocycles. The summed E-state index contributed by atoms with van der Waals surface area (Å²) in [7, 11) is 0. The number of furan rings is 1. The summed E-state index contributed by atoms with van der Waals surface area (Å²) in [5, 5.41) is -6.96. The Kier molecular flexibility index (Phi) is 2.68. The fourth-order valence-corrected chi connectivity index (χ4v) is 6.67. The van der Waals surface area contributed by atoms with Gasteiger partial charge in [-0.3, -0.25) is 0 Å². The smallest absolute Gasteiger partial charge is 0.143 e. The van der Waals surface area contributed by atoms with Crippen LogP contribution in [0.1, 0.15) is 52.2 Å². The summed E-state index contributed by atoms with van der Waals surface area (Å²) in [6, 6.07) is -26.8. The van der Waals surface area contributed by atoms with Crippen LogP contribution in [-0.4, -0.2) is 0 Å². The molecule has 1 heteroatoms. The van der Waals surface area contributed by atoms with Crippen LogP contribution in [0.15, 0.2) is 186 Å². The Balaban J connectivity index is 1.37. The van der Waals surface area contributed by atoms with Gasteiger partial charge in [-0.2, -0.15) is 0 Å². The van der Waals surface area contributed by atoms with E-state index in [0.717, 1.165) is 0 Å². The van der Waals surface area contributed by atoms with Gasteiger partial charge < -0.3 is 4.42 Å². The largest absolute Gasteiger partial charge is 0.455 e. The lowest BCUT2D eigenvalue weighted by Gasteiger charge is -2.18. The van der Waals surface area contributed by atoms with Gasteiger partial charge in [-0.25, -0.2) is 0 Å². The van der Waals surface area contributed by atoms with E-state index in [1.54, 1.807) is 0 Å².